The Hall–Kier alpha value is -1.42. The Labute approximate surface area is 120 Å². The van der Waals surface area contributed by atoms with E-state index >= 15 is 0 Å². The van der Waals surface area contributed by atoms with E-state index in [0.29, 0.717) is 5.56 Å². The minimum atomic E-state index is -0.347. The molecular formula is C16H23FN2O. The average molecular weight is 278 g/mol. The number of carbonyl (C=O) groups excluding carboxylic acids is 1. The van der Waals surface area contributed by atoms with Crippen molar-refractivity contribution in [3.05, 3.63) is 35.1 Å². The van der Waals surface area contributed by atoms with Crippen molar-refractivity contribution in [2.75, 3.05) is 19.6 Å². The van der Waals surface area contributed by atoms with E-state index in [1.54, 1.807) is 6.07 Å². The molecule has 1 heterocycles. The first-order chi connectivity index (χ1) is 9.63. The van der Waals surface area contributed by atoms with Crippen LogP contribution in [0.4, 0.5) is 4.39 Å². The van der Waals surface area contributed by atoms with Crippen LogP contribution in [-0.4, -0.2) is 36.5 Å². The van der Waals surface area contributed by atoms with Crippen molar-refractivity contribution in [3.63, 3.8) is 0 Å². The molecule has 0 aliphatic carbocycles. The van der Waals surface area contributed by atoms with Gasteiger partial charge in [-0.05, 0) is 57.0 Å². The summed E-state index contributed by atoms with van der Waals surface area (Å²) in [6, 6.07) is 4.71. The maximum atomic E-state index is 13.4. The van der Waals surface area contributed by atoms with Crippen LogP contribution in [0.5, 0.6) is 0 Å². The number of amides is 1. The lowest BCUT2D eigenvalue weighted by Gasteiger charge is -2.35. The van der Waals surface area contributed by atoms with Crippen LogP contribution in [0.15, 0.2) is 18.2 Å². The zero-order chi connectivity index (χ0) is 14.5. The van der Waals surface area contributed by atoms with Crippen molar-refractivity contribution in [1.29, 1.82) is 0 Å². The Balaban J connectivity index is 2.23. The number of hydrogen-bond donors (Lipinski definition) is 1. The third-order valence-electron chi connectivity index (χ3n) is 3.90. The standard InChI is InChI=1S/C16H23FN2O/c1-3-10-19(14-6-8-18-9-7-14)16(20)15-11-13(17)5-4-12(15)2/h4-5,11,14,18H,3,6-10H2,1-2H3. The van der Waals surface area contributed by atoms with E-state index in [9.17, 15) is 9.18 Å². The van der Waals surface area contributed by atoms with Crippen molar-refractivity contribution in [2.45, 2.75) is 39.2 Å². The molecule has 4 heteroatoms. The van der Waals surface area contributed by atoms with E-state index < -0.39 is 0 Å². The smallest absolute Gasteiger partial charge is 0.254 e. The average Bonchev–Trinajstić information content (AvgIpc) is 2.47. The first-order valence-electron chi connectivity index (χ1n) is 7.41. The molecule has 1 aromatic carbocycles. The molecule has 0 saturated carbocycles. The molecule has 1 N–H and O–H groups in total. The summed E-state index contributed by atoms with van der Waals surface area (Å²) in [5.41, 5.74) is 1.34. The van der Waals surface area contributed by atoms with Crippen molar-refractivity contribution in [3.8, 4) is 0 Å². The molecule has 0 bridgehead atoms. The highest BCUT2D eigenvalue weighted by Gasteiger charge is 2.26. The Morgan fingerprint density at radius 2 is 2.10 bits per heavy atom. The molecule has 0 radical (unpaired) electrons. The molecule has 1 fully saturated rings. The lowest BCUT2D eigenvalue weighted by Crippen LogP contribution is -2.46. The topological polar surface area (TPSA) is 32.3 Å². The number of piperidine rings is 1. The lowest BCUT2D eigenvalue weighted by atomic mass is 10.0. The van der Waals surface area contributed by atoms with Gasteiger partial charge in [0.25, 0.3) is 5.91 Å². The van der Waals surface area contributed by atoms with E-state index in [1.807, 2.05) is 11.8 Å². The van der Waals surface area contributed by atoms with E-state index in [0.717, 1.165) is 44.5 Å². The third-order valence-corrected chi connectivity index (χ3v) is 3.90. The van der Waals surface area contributed by atoms with Crippen LogP contribution in [0.25, 0.3) is 0 Å². The SMILES string of the molecule is CCCN(C(=O)c1cc(F)ccc1C)C1CCNCC1. The van der Waals surface area contributed by atoms with Crippen LogP contribution in [0.1, 0.15) is 42.1 Å². The highest BCUT2D eigenvalue weighted by atomic mass is 19.1. The third kappa shape index (κ3) is 3.37. The van der Waals surface area contributed by atoms with Gasteiger partial charge in [-0.2, -0.15) is 0 Å². The molecule has 0 spiro atoms. The number of carbonyl (C=O) groups is 1. The Morgan fingerprint density at radius 1 is 1.40 bits per heavy atom. The normalized spacial score (nSPS) is 16.1. The summed E-state index contributed by atoms with van der Waals surface area (Å²) >= 11 is 0. The van der Waals surface area contributed by atoms with Gasteiger partial charge >= 0.3 is 0 Å². The Bertz CT molecular complexity index is 470. The van der Waals surface area contributed by atoms with Crippen LogP contribution in [0.2, 0.25) is 0 Å². The summed E-state index contributed by atoms with van der Waals surface area (Å²) in [4.78, 5) is 14.7. The second-order valence-corrected chi connectivity index (χ2v) is 5.44. The molecule has 1 amide bonds. The predicted molar refractivity (Wildman–Crippen MR) is 78.4 cm³/mol. The van der Waals surface area contributed by atoms with Crippen molar-refractivity contribution >= 4 is 5.91 Å². The van der Waals surface area contributed by atoms with Gasteiger partial charge < -0.3 is 10.2 Å². The molecule has 1 aromatic rings. The van der Waals surface area contributed by atoms with Crippen LogP contribution in [-0.2, 0) is 0 Å². The van der Waals surface area contributed by atoms with Crippen molar-refractivity contribution in [2.24, 2.45) is 0 Å². The van der Waals surface area contributed by atoms with Crippen LogP contribution in [0, 0.1) is 12.7 Å². The van der Waals surface area contributed by atoms with Crippen LogP contribution >= 0.6 is 0 Å². The van der Waals surface area contributed by atoms with Gasteiger partial charge in [0.05, 0.1) is 0 Å². The molecule has 2 rings (SSSR count). The monoisotopic (exact) mass is 278 g/mol. The Kier molecular flexibility index (Phi) is 5.12. The Morgan fingerprint density at radius 3 is 2.75 bits per heavy atom. The van der Waals surface area contributed by atoms with Gasteiger partial charge in [-0.3, -0.25) is 4.79 Å². The molecule has 110 valence electrons. The molecular weight excluding hydrogens is 255 g/mol. The molecule has 0 atom stereocenters. The second-order valence-electron chi connectivity index (χ2n) is 5.44. The number of hydrogen-bond acceptors (Lipinski definition) is 2. The highest BCUT2D eigenvalue weighted by Crippen LogP contribution is 2.19. The molecule has 20 heavy (non-hydrogen) atoms. The maximum Gasteiger partial charge on any atom is 0.254 e. The molecule has 1 aliphatic heterocycles. The van der Waals surface area contributed by atoms with E-state index in [-0.39, 0.29) is 17.8 Å². The van der Waals surface area contributed by atoms with Gasteiger partial charge in [-0.1, -0.05) is 13.0 Å². The summed E-state index contributed by atoms with van der Waals surface area (Å²) in [6.07, 6.45) is 2.87. The number of halogens is 1. The zero-order valence-electron chi connectivity index (χ0n) is 12.3. The summed E-state index contributed by atoms with van der Waals surface area (Å²) in [5.74, 6) is -0.378. The number of aryl methyl sites for hydroxylation is 1. The summed E-state index contributed by atoms with van der Waals surface area (Å²) in [6.45, 7) is 6.55. The van der Waals surface area contributed by atoms with Crippen molar-refractivity contribution in [1.82, 2.24) is 10.2 Å². The van der Waals surface area contributed by atoms with E-state index in [1.165, 1.54) is 12.1 Å². The molecule has 3 nitrogen and oxygen atoms in total. The summed E-state index contributed by atoms with van der Waals surface area (Å²) in [5, 5.41) is 3.31. The maximum absolute atomic E-state index is 13.4. The predicted octanol–water partition coefficient (Wildman–Crippen LogP) is 2.74. The van der Waals surface area contributed by atoms with Crippen LogP contribution in [0.3, 0.4) is 0 Å². The van der Waals surface area contributed by atoms with Crippen molar-refractivity contribution < 1.29 is 9.18 Å². The number of nitrogens with one attached hydrogen (secondary N) is 1. The molecule has 1 saturated heterocycles. The first-order valence-corrected chi connectivity index (χ1v) is 7.41. The largest absolute Gasteiger partial charge is 0.336 e. The quantitative estimate of drug-likeness (QED) is 0.918. The van der Waals surface area contributed by atoms with E-state index in [4.69, 9.17) is 0 Å². The highest BCUT2D eigenvalue weighted by molar-refractivity contribution is 5.95. The van der Waals surface area contributed by atoms with Crippen LogP contribution < -0.4 is 5.32 Å². The second kappa shape index (κ2) is 6.84. The molecule has 0 aromatic heterocycles. The van der Waals surface area contributed by atoms with Gasteiger partial charge in [0.1, 0.15) is 5.82 Å². The van der Waals surface area contributed by atoms with Gasteiger partial charge in [0.2, 0.25) is 0 Å². The number of nitrogens with zero attached hydrogens (tertiary/aromatic N) is 1. The van der Waals surface area contributed by atoms with Gasteiger partial charge in [0.15, 0.2) is 0 Å². The minimum absolute atomic E-state index is 0.0317. The number of rotatable bonds is 4. The molecule has 1 aliphatic rings. The van der Waals surface area contributed by atoms with Gasteiger partial charge in [-0.25, -0.2) is 4.39 Å². The molecule has 0 unspecified atom stereocenters. The first kappa shape index (κ1) is 15.0. The lowest BCUT2D eigenvalue weighted by molar-refractivity contribution is 0.0641. The summed E-state index contributed by atoms with van der Waals surface area (Å²) < 4.78 is 13.4. The summed E-state index contributed by atoms with van der Waals surface area (Å²) in [7, 11) is 0. The zero-order valence-corrected chi connectivity index (χ0v) is 12.3. The fraction of sp³-hybridized carbons (Fsp3) is 0.562. The van der Waals surface area contributed by atoms with E-state index in [2.05, 4.69) is 12.2 Å². The van der Waals surface area contributed by atoms with Gasteiger partial charge in [0, 0.05) is 18.2 Å². The fourth-order valence-corrected chi connectivity index (χ4v) is 2.79. The fourth-order valence-electron chi connectivity index (χ4n) is 2.79. The number of benzene rings is 1. The van der Waals surface area contributed by atoms with Gasteiger partial charge in [-0.15, -0.1) is 0 Å². The minimum Gasteiger partial charge on any atom is -0.336 e.